The topological polar surface area (TPSA) is 82.4 Å². The van der Waals surface area contributed by atoms with E-state index in [0.717, 1.165) is 62.7 Å². The predicted molar refractivity (Wildman–Crippen MR) is 92.2 cm³/mol. The molecule has 2 atom stereocenters. The lowest BCUT2D eigenvalue weighted by molar-refractivity contribution is 0.0551. The highest BCUT2D eigenvalue weighted by molar-refractivity contribution is 5.94. The highest BCUT2D eigenvalue weighted by atomic mass is 16.4. The molecule has 2 aromatic rings. The molecule has 1 amide bonds. The van der Waals surface area contributed by atoms with Crippen LogP contribution in [0.25, 0.3) is 0 Å². The summed E-state index contributed by atoms with van der Waals surface area (Å²) in [7, 11) is 0. The van der Waals surface area contributed by atoms with Crippen LogP contribution in [-0.2, 0) is 12.8 Å². The number of hydrogen-bond donors (Lipinski definition) is 2. The van der Waals surface area contributed by atoms with Gasteiger partial charge in [0.1, 0.15) is 11.9 Å². The number of carbonyl (C=O) groups is 1. The first-order valence-electron chi connectivity index (χ1n) is 9.32. The molecule has 0 saturated carbocycles. The van der Waals surface area contributed by atoms with Gasteiger partial charge in [-0.3, -0.25) is 9.89 Å². The van der Waals surface area contributed by atoms with Crippen molar-refractivity contribution < 1.29 is 14.3 Å². The largest absolute Gasteiger partial charge is 0.467 e. The fourth-order valence-electron chi connectivity index (χ4n) is 4.18. The van der Waals surface area contributed by atoms with Crippen molar-refractivity contribution in [3.05, 3.63) is 41.1 Å². The van der Waals surface area contributed by atoms with Gasteiger partial charge >= 0.3 is 0 Å². The molecular weight excluding hydrogens is 318 g/mol. The van der Waals surface area contributed by atoms with E-state index in [9.17, 15) is 9.90 Å². The molecule has 2 aliphatic rings. The molecule has 0 bridgehead atoms. The van der Waals surface area contributed by atoms with Gasteiger partial charge in [0.2, 0.25) is 0 Å². The summed E-state index contributed by atoms with van der Waals surface area (Å²) in [5.74, 6) is 0.579. The fourth-order valence-corrected chi connectivity index (χ4v) is 4.18. The molecule has 2 N–H and O–H groups in total. The monoisotopic (exact) mass is 343 g/mol. The molecule has 4 rings (SSSR count). The number of H-pyrrole nitrogens is 1. The number of furan rings is 1. The van der Waals surface area contributed by atoms with Crippen LogP contribution in [0.1, 0.15) is 72.1 Å². The standard InChI is InChI=1S/C19H25N3O3/c23-16(17-9-5-11-25-17)12-13-6-2-1-3-10-22(13)19(24)18-14-7-4-8-15(14)20-21-18/h5,9,11,13,16,23H,1-4,6-8,10,12H2,(H,20,21)/t13-,16-/m1/s1. The first kappa shape index (κ1) is 16.4. The van der Waals surface area contributed by atoms with Crippen LogP contribution in [-0.4, -0.2) is 38.7 Å². The molecule has 6 heteroatoms. The number of nitrogens with zero attached hydrogens (tertiary/aromatic N) is 2. The third kappa shape index (κ3) is 3.23. The number of rotatable bonds is 4. The molecule has 0 radical (unpaired) electrons. The minimum atomic E-state index is -0.682. The van der Waals surface area contributed by atoms with E-state index in [0.29, 0.717) is 17.9 Å². The van der Waals surface area contributed by atoms with Gasteiger partial charge in [0.15, 0.2) is 5.69 Å². The third-order valence-corrected chi connectivity index (χ3v) is 5.51. The molecule has 1 fully saturated rings. The summed E-state index contributed by atoms with van der Waals surface area (Å²) in [4.78, 5) is 15.1. The van der Waals surface area contributed by atoms with E-state index >= 15 is 0 Å². The van der Waals surface area contributed by atoms with Crippen LogP contribution in [0.4, 0.5) is 0 Å². The number of hydrogen-bond acceptors (Lipinski definition) is 4. The summed E-state index contributed by atoms with van der Waals surface area (Å²) in [6.45, 7) is 0.732. The first-order valence-corrected chi connectivity index (χ1v) is 9.32. The first-order chi connectivity index (χ1) is 12.2. The van der Waals surface area contributed by atoms with Crippen molar-refractivity contribution in [3.63, 3.8) is 0 Å². The highest BCUT2D eigenvalue weighted by Gasteiger charge is 2.32. The predicted octanol–water partition coefficient (Wildman–Crippen LogP) is 3.00. The molecule has 3 heterocycles. The zero-order chi connectivity index (χ0) is 17.2. The van der Waals surface area contributed by atoms with Gasteiger partial charge < -0.3 is 14.4 Å². The summed E-state index contributed by atoms with van der Waals surface area (Å²) in [6, 6.07) is 3.58. The SMILES string of the molecule is O=C(c1n[nH]c2c1CCC2)N1CCCCC[C@@H]1C[C@@H](O)c1ccco1. The van der Waals surface area contributed by atoms with E-state index in [4.69, 9.17) is 4.42 Å². The summed E-state index contributed by atoms with van der Waals surface area (Å²) < 4.78 is 5.33. The van der Waals surface area contributed by atoms with E-state index in [1.54, 1.807) is 18.4 Å². The molecule has 0 spiro atoms. The minimum absolute atomic E-state index is 0.0120. The van der Waals surface area contributed by atoms with E-state index in [1.807, 2.05) is 4.90 Å². The van der Waals surface area contributed by atoms with Crippen LogP contribution in [0.5, 0.6) is 0 Å². The lowest BCUT2D eigenvalue weighted by Crippen LogP contribution is -2.41. The van der Waals surface area contributed by atoms with Crippen LogP contribution >= 0.6 is 0 Å². The maximum atomic E-state index is 13.2. The van der Waals surface area contributed by atoms with Crippen molar-refractivity contribution in [1.82, 2.24) is 15.1 Å². The number of aromatic nitrogens is 2. The smallest absolute Gasteiger partial charge is 0.274 e. The van der Waals surface area contributed by atoms with Crippen LogP contribution < -0.4 is 0 Å². The molecule has 6 nitrogen and oxygen atoms in total. The fraction of sp³-hybridized carbons (Fsp3) is 0.579. The normalized spacial score (nSPS) is 21.8. The van der Waals surface area contributed by atoms with Gasteiger partial charge in [-0.25, -0.2) is 0 Å². The van der Waals surface area contributed by atoms with E-state index in [-0.39, 0.29) is 11.9 Å². The molecule has 1 saturated heterocycles. The van der Waals surface area contributed by atoms with Crippen molar-refractivity contribution in [1.29, 1.82) is 0 Å². The van der Waals surface area contributed by atoms with Crippen molar-refractivity contribution in [2.75, 3.05) is 6.54 Å². The van der Waals surface area contributed by atoms with Crippen LogP contribution in [0.3, 0.4) is 0 Å². The number of amides is 1. The van der Waals surface area contributed by atoms with Crippen molar-refractivity contribution in [2.24, 2.45) is 0 Å². The molecule has 0 aromatic carbocycles. The number of fused-ring (bicyclic) bond motifs is 1. The minimum Gasteiger partial charge on any atom is -0.467 e. The molecule has 1 aliphatic heterocycles. The Balaban J connectivity index is 1.54. The lowest BCUT2D eigenvalue weighted by atomic mass is 10.0. The van der Waals surface area contributed by atoms with Crippen molar-refractivity contribution in [2.45, 2.75) is 63.5 Å². The zero-order valence-electron chi connectivity index (χ0n) is 14.4. The molecule has 25 heavy (non-hydrogen) atoms. The number of carbonyl (C=O) groups excluding carboxylic acids is 1. The highest BCUT2D eigenvalue weighted by Crippen LogP contribution is 2.30. The average molecular weight is 343 g/mol. The van der Waals surface area contributed by atoms with Crippen molar-refractivity contribution in [3.8, 4) is 0 Å². The number of nitrogens with one attached hydrogen (secondary N) is 1. The van der Waals surface area contributed by atoms with Gasteiger partial charge in [0.05, 0.1) is 6.26 Å². The van der Waals surface area contributed by atoms with Gasteiger partial charge in [-0.1, -0.05) is 12.8 Å². The second kappa shape index (κ2) is 7.04. The van der Waals surface area contributed by atoms with Crippen LogP contribution in [0.15, 0.2) is 22.8 Å². The number of aromatic amines is 1. The number of likely N-dealkylation sites (tertiary alicyclic amines) is 1. The van der Waals surface area contributed by atoms with E-state index in [2.05, 4.69) is 10.2 Å². The molecule has 1 aliphatic carbocycles. The Kier molecular flexibility index (Phi) is 4.61. The Bertz CT molecular complexity index is 722. The Morgan fingerprint density at radius 2 is 2.28 bits per heavy atom. The van der Waals surface area contributed by atoms with Gasteiger partial charge in [0.25, 0.3) is 5.91 Å². The lowest BCUT2D eigenvalue weighted by Gasteiger charge is -2.31. The maximum Gasteiger partial charge on any atom is 0.274 e. The summed E-state index contributed by atoms with van der Waals surface area (Å²) >= 11 is 0. The summed E-state index contributed by atoms with van der Waals surface area (Å²) in [6.07, 6.45) is 8.52. The Labute approximate surface area is 147 Å². The Hall–Kier alpha value is -2.08. The van der Waals surface area contributed by atoms with Gasteiger partial charge in [-0.05, 0) is 44.2 Å². The second-order valence-electron chi connectivity index (χ2n) is 7.15. The van der Waals surface area contributed by atoms with E-state index < -0.39 is 6.10 Å². The van der Waals surface area contributed by atoms with Gasteiger partial charge in [0, 0.05) is 30.3 Å². The average Bonchev–Trinajstić information content (AvgIpc) is 3.31. The zero-order valence-corrected chi connectivity index (χ0v) is 14.4. The summed E-state index contributed by atoms with van der Waals surface area (Å²) in [5, 5.41) is 17.8. The number of aliphatic hydroxyl groups is 1. The Morgan fingerprint density at radius 1 is 1.36 bits per heavy atom. The maximum absolute atomic E-state index is 13.2. The third-order valence-electron chi connectivity index (χ3n) is 5.51. The van der Waals surface area contributed by atoms with Crippen LogP contribution in [0.2, 0.25) is 0 Å². The van der Waals surface area contributed by atoms with E-state index in [1.165, 1.54) is 0 Å². The molecule has 2 aromatic heterocycles. The Morgan fingerprint density at radius 3 is 3.12 bits per heavy atom. The second-order valence-corrected chi connectivity index (χ2v) is 7.15. The number of aryl methyl sites for hydroxylation is 1. The van der Waals surface area contributed by atoms with Crippen LogP contribution in [0, 0.1) is 0 Å². The van der Waals surface area contributed by atoms with Gasteiger partial charge in [-0.2, -0.15) is 5.10 Å². The number of aliphatic hydroxyl groups excluding tert-OH is 1. The van der Waals surface area contributed by atoms with Gasteiger partial charge in [-0.15, -0.1) is 0 Å². The molecule has 0 unspecified atom stereocenters. The quantitative estimate of drug-likeness (QED) is 0.894. The van der Waals surface area contributed by atoms with Crippen molar-refractivity contribution >= 4 is 5.91 Å². The molecule has 134 valence electrons. The molecular formula is C19H25N3O3. The summed E-state index contributed by atoms with van der Waals surface area (Å²) in [5.41, 5.74) is 2.80.